The molecule has 0 atom stereocenters. The third kappa shape index (κ3) is 2.87. The summed E-state index contributed by atoms with van der Waals surface area (Å²) in [5.41, 5.74) is 11.9. The summed E-state index contributed by atoms with van der Waals surface area (Å²) in [6.45, 7) is 0. The lowest BCUT2D eigenvalue weighted by Crippen LogP contribution is -2.21. The van der Waals surface area contributed by atoms with Crippen molar-refractivity contribution in [3.63, 3.8) is 0 Å². The standard InChI is InChI=1S/C21H16N6/c22-13-18(21(23)24)26-25-14-9-11-15(12-10-14)27-19-7-3-1-5-16(19)17-6-2-4-8-20(17)27/h1-12,25H,(H3,23,24)/b26-18+. The Labute approximate surface area is 155 Å². The molecule has 6 heteroatoms. The number of benzene rings is 3. The van der Waals surface area contributed by atoms with Gasteiger partial charge in [0.15, 0.2) is 5.84 Å². The van der Waals surface area contributed by atoms with E-state index in [1.54, 1.807) is 6.07 Å². The van der Waals surface area contributed by atoms with Crippen molar-refractivity contribution >= 4 is 39.0 Å². The number of fused-ring (bicyclic) bond motifs is 3. The molecule has 27 heavy (non-hydrogen) atoms. The summed E-state index contributed by atoms with van der Waals surface area (Å²) in [7, 11) is 0. The maximum atomic E-state index is 8.90. The fourth-order valence-electron chi connectivity index (χ4n) is 3.15. The summed E-state index contributed by atoms with van der Waals surface area (Å²) in [4.78, 5) is 0. The van der Waals surface area contributed by atoms with E-state index in [4.69, 9.17) is 16.4 Å². The zero-order valence-corrected chi connectivity index (χ0v) is 14.3. The Morgan fingerprint density at radius 1 is 0.926 bits per heavy atom. The van der Waals surface area contributed by atoms with Gasteiger partial charge in [0.1, 0.15) is 6.07 Å². The second kappa shape index (κ2) is 6.65. The molecule has 0 aliphatic carbocycles. The fourth-order valence-corrected chi connectivity index (χ4v) is 3.15. The number of hydrogen-bond donors (Lipinski definition) is 3. The van der Waals surface area contributed by atoms with Gasteiger partial charge in [-0.25, -0.2) is 0 Å². The third-order valence-electron chi connectivity index (χ3n) is 4.36. The fraction of sp³-hybridized carbons (Fsp3) is 0. The van der Waals surface area contributed by atoms with Crippen molar-refractivity contribution in [3.05, 3.63) is 72.8 Å². The van der Waals surface area contributed by atoms with Gasteiger partial charge in [-0.1, -0.05) is 36.4 Å². The quantitative estimate of drug-likeness (QED) is 0.294. The van der Waals surface area contributed by atoms with Crippen LogP contribution in [0.3, 0.4) is 0 Å². The summed E-state index contributed by atoms with van der Waals surface area (Å²) >= 11 is 0. The van der Waals surface area contributed by atoms with Crippen LogP contribution in [-0.4, -0.2) is 16.1 Å². The van der Waals surface area contributed by atoms with Crippen molar-refractivity contribution < 1.29 is 0 Å². The van der Waals surface area contributed by atoms with Gasteiger partial charge in [0.05, 0.1) is 16.7 Å². The average molecular weight is 352 g/mol. The molecule has 4 aromatic rings. The molecule has 0 fully saturated rings. The molecule has 1 heterocycles. The van der Waals surface area contributed by atoms with Gasteiger partial charge in [0.2, 0.25) is 5.71 Å². The summed E-state index contributed by atoms with van der Waals surface area (Å²) in [5, 5.41) is 22.5. The SMILES string of the molecule is N#C/C(=N\Nc1ccc(-n2c3ccccc3c3ccccc32)cc1)C(=N)N. The zero-order valence-electron chi connectivity index (χ0n) is 14.3. The highest BCUT2D eigenvalue weighted by Crippen LogP contribution is 2.31. The number of aromatic nitrogens is 1. The first-order valence-electron chi connectivity index (χ1n) is 8.36. The number of nitrogens with two attached hydrogens (primary N) is 1. The largest absolute Gasteiger partial charge is 0.382 e. The lowest BCUT2D eigenvalue weighted by molar-refractivity contribution is 1.18. The average Bonchev–Trinajstić information content (AvgIpc) is 3.03. The highest BCUT2D eigenvalue weighted by molar-refractivity contribution is 6.45. The van der Waals surface area contributed by atoms with E-state index in [0.717, 1.165) is 16.7 Å². The molecule has 0 radical (unpaired) electrons. The van der Waals surface area contributed by atoms with Crippen LogP contribution in [-0.2, 0) is 0 Å². The highest BCUT2D eigenvalue weighted by Gasteiger charge is 2.11. The number of hydrazone groups is 1. The molecule has 0 amide bonds. The number of nitrogens with one attached hydrogen (secondary N) is 2. The molecular weight excluding hydrogens is 336 g/mol. The summed E-state index contributed by atoms with van der Waals surface area (Å²) in [6, 6.07) is 26.1. The van der Waals surface area contributed by atoms with Crippen molar-refractivity contribution in [2.24, 2.45) is 10.8 Å². The van der Waals surface area contributed by atoms with E-state index in [1.807, 2.05) is 48.5 Å². The van der Waals surface area contributed by atoms with Crippen LogP contribution in [0.1, 0.15) is 0 Å². The first-order valence-corrected chi connectivity index (χ1v) is 8.36. The predicted molar refractivity (Wildman–Crippen MR) is 109 cm³/mol. The van der Waals surface area contributed by atoms with Crippen LogP contribution in [0, 0.1) is 16.7 Å². The second-order valence-corrected chi connectivity index (χ2v) is 6.01. The Hall–Kier alpha value is -4.11. The van der Waals surface area contributed by atoms with Gasteiger partial charge in [0, 0.05) is 16.5 Å². The van der Waals surface area contributed by atoms with Gasteiger partial charge in [0.25, 0.3) is 0 Å². The number of rotatable bonds is 4. The van der Waals surface area contributed by atoms with Crippen LogP contribution in [0.15, 0.2) is 77.9 Å². The molecule has 0 aliphatic rings. The van der Waals surface area contributed by atoms with E-state index in [0.29, 0.717) is 5.69 Å². The molecule has 6 nitrogen and oxygen atoms in total. The van der Waals surface area contributed by atoms with E-state index in [2.05, 4.69) is 39.4 Å². The predicted octanol–water partition coefficient (Wildman–Crippen LogP) is 4.01. The minimum absolute atomic E-state index is 0.151. The number of para-hydroxylation sites is 2. The van der Waals surface area contributed by atoms with E-state index < -0.39 is 0 Å². The van der Waals surface area contributed by atoms with Crippen molar-refractivity contribution in [2.75, 3.05) is 5.43 Å². The smallest absolute Gasteiger partial charge is 0.201 e. The molecule has 3 aromatic carbocycles. The van der Waals surface area contributed by atoms with E-state index >= 15 is 0 Å². The van der Waals surface area contributed by atoms with Gasteiger partial charge in [-0.15, -0.1) is 0 Å². The first kappa shape index (κ1) is 16.4. The third-order valence-corrected chi connectivity index (χ3v) is 4.36. The first-order chi connectivity index (χ1) is 13.2. The Balaban J connectivity index is 1.77. The lowest BCUT2D eigenvalue weighted by atomic mass is 10.2. The zero-order chi connectivity index (χ0) is 18.8. The maximum Gasteiger partial charge on any atom is 0.201 e. The van der Waals surface area contributed by atoms with Crippen LogP contribution in [0.4, 0.5) is 5.69 Å². The maximum absolute atomic E-state index is 8.90. The Bertz CT molecular complexity index is 1170. The molecule has 0 saturated carbocycles. The molecule has 0 spiro atoms. The van der Waals surface area contributed by atoms with E-state index in [1.165, 1.54) is 10.8 Å². The molecule has 1 aromatic heterocycles. The molecular formula is C21H16N6. The number of amidine groups is 1. The normalized spacial score (nSPS) is 11.4. The van der Waals surface area contributed by atoms with Gasteiger partial charge in [-0.05, 0) is 36.4 Å². The van der Waals surface area contributed by atoms with Crippen LogP contribution in [0.5, 0.6) is 0 Å². The van der Waals surface area contributed by atoms with E-state index in [-0.39, 0.29) is 11.5 Å². The number of anilines is 1. The van der Waals surface area contributed by atoms with Crippen LogP contribution < -0.4 is 11.2 Å². The van der Waals surface area contributed by atoms with E-state index in [9.17, 15) is 0 Å². The van der Waals surface area contributed by atoms with Gasteiger partial charge < -0.3 is 10.3 Å². The minimum Gasteiger partial charge on any atom is -0.382 e. The van der Waals surface area contributed by atoms with Crippen LogP contribution >= 0.6 is 0 Å². The van der Waals surface area contributed by atoms with Crippen molar-refractivity contribution in [3.8, 4) is 11.8 Å². The summed E-state index contributed by atoms with van der Waals surface area (Å²) < 4.78 is 2.22. The molecule has 0 unspecified atom stereocenters. The molecule has 0 saturated heterocycles. The summed E-state index contributed by atoms with van der Waals surface area (Å²) in [6.07, 6.45) is 0. The van der Waals surface area contributed by atoms with Gasteiger partial charge in [-0.2, -0.15) is 10.4 Å². The lowest BCUT2D eigenvalue weighted by Gasteiger charge is -2.09. The van der Waals surface area contributed by atoms with Crippen molar-refractivity contribution in [2.45, 2.75) is 0 Å². The molecule has 4 rings (SSSR count). The Morgan fingerprint density at radius 2 is 1.48 bits per heavy atom. The molecule has 0 aliphatic heterocycles. The highest BCUT2D eigenvalue weighted by atomic mass is 15.3. The number of hydrogen-bond acceptors (Lipinski definition) is 4. The van der Waals surface area contributed by atoms with Gasteiger partial charge in [-0.3, -0.25) is 10.8 Å². The van der Waals surface area contributed by atoms with Crippen molar-refractivity contribution in [1.82, 2.24) is 4.57 Å². The molecule has 4 N–H and O–H groups in total. The Morgan fingerprint density at radius 3 is 2.00 bits per heavy atom. The molecule has 0 bridgehead atoms. The minimum atomic E-state index is -0.369. The van der Waals surface area contributed by atoms with Crippen LogP contribution in [0.25, 0.3) is 27.5 Å². The number of nitrogens with zero attached hydrogens (tertiary/aromatic N) is 3. The monoisotopic (exact) mass is 352 g/mol. The van der Waals surface area contributed by atoms with Crippen molar-refractivity contribution in [1.29, 1.82) is 10.7 Å². The number of nitriles is 1. The summed E-state index contributed by atoms with van der Waals surface area (Å²) in [5.74, 6) is -0.369. The molecule has 130 valence electrons. The second-order valence-electron chi connectivity index (χ2n) is 6.01. The van der Waals surface area contributed by atoms with Gasteiger partial charge >= 0.3 is 0 Å². The topological polar surface area (TPSA) is 103 Å². The Kier molecular flexibility index (Phi) is 4.03. The van der Waals surface area contributed by atoms with Crippen LogP contribution in [0.2, 0.25) is 0 Å².